The first kappa shape index (κ1) is 22.1. The Bertz CT molecular complexity index is 1390. The van der Waals surface area contributed by atoms with E-state index in [1.807, 2.05) is 18.2 Å². The predicted molar refractivity (Wildman–Crippen MR) is 143 cm³/mol. The monoisotopic (exact) mass is 463 g/mol. The van der Waals surface area contributed by atoms with E-state index in [2.05, 4.69) is 51.3 Å². The maximum atomic E-state index is 9.21. The molecule has 0 amide bonds. The highest BCUT2D eigenvalue weighted by Crippen LogP contribution is 2.36. The van der Waals surface area contributed by atoms with Crippen molar-refractivity contribution in [2.75, 3.05) is 37.6 Å². The molecule has 178 valence electrons. The molecule has 35 heavy (non-hydrogen) atoms. The number of H-pyrrole nitrogens is 1. The first-order valence-electron chi connectivity index (χ1n) is 13.2. The average molecular weight is 464 g/mol. The fraction of sp³-hybridized carbons (Fsp3) is 0.400. The summed E-state index contributed by atoms with van der Waals surface area (Å²) in [6.07, 6.45) is 10.4. The van der Waals surface area contributed by atoms with Crippen molar-refractivity contribution >= 4 is 27.5 Å². The normalized spacial score (nSPS) is 16.5. The number of rotatable bonds is 6. The zero-order valence-corrected chi connectivity index (χ0v) is 20.4. The van der Waals surface area contributed by atoms with Crippen LogP contribution in [0.25, 0.3) is 21.8 Å². The summed E-state index contributed by atoms with van der Waals surface area (Å²) in [5, 5.41) is 11.7. The third-order valence-electron chi connectivity index (χ3n) is 7.89. The maximum absolute atomic E-state index is 9.21. The molecule has 0 saturated carbocycles. The van der Waals surface area contributed by atoms with E-state index in [-0.39, 0.29) is 0 Å². The van der Waals surface area contributed by atoms with Gasteiger partial charge in [0.1, 0.15) is 0 Å². The molecule has 5 heteroatoms. The number of anilines is 1. The highest BCUT2D eigenvalue weighted by molar-refractivity contribution is 5.94. The molecule has 2 aromatic heterocycles. The van der Waals surface area contributed by atoms with Crippen molar-refractivity contribution in [3.8, 4) is 6.07 Å². The minimum atomic E-state index is 0.736. The van der Waals surface area contributed by atoms with Gasteiger partial charge in [-0.25, -0.2) is 0 Å². The number of aromatic amines is 1. The SMILES string of the molecule is N#Cc1ccc2[nH]cc(CCCCN3CCN(c4c5c(nc6ccccc46)CCCC5)CC3)c2c1. The Kier molecular flexibility index (Phi) is 6.14. The van der Waals surface area contributed by atoms with Crippen LogP contribution in [0.4, 0.5) is 5.69 Å². The fourth-order valence-electron chi connectivity index (χ4n) is 6.01. The van der Waals surface area contributed by atoms with Gasteiger partial charge < -0.3 is 9.88 Å². The number of aromatic nitrogens is 2. The first-order chi connectivity index (χ1) is 17.3. The lowest BCUT2D eigenvalue weighted by atomic mass is 9.92. The lowest BCUT2D eigenvalue weighted by Crippen LogP contribution is -2.47. The van der Waals surface area contributed by atoms with Gasteiger partial charge in [0.2, 0.25) is 0 Å². The Balaban J connectivity index is 1.07. The van der Waals surface area contributed by atoms with Crippen molar-refractivity contribution in [2.24, 2.45) is 0 Å². The van der Waals surface area contributed by atoms with Crippen molar-refractivity contribution in [2.45, 2.75) is 44.9 Å². The number of unbranched alkanes of at least 4 members (excludes halogenated alkanes) is 1. The molecular weight excluding hydrogens is 430 g/mol. The first-order valence-corrected chi connectivity index (χ1v) is 13.2. The van der Waals surface area contributed by atoms with Crippen molar-refractivity contribution in [3.63, 3.8) is 0 Å². The highest BCUT2D eigenvalue weighted by atomic mass is 15.3. The number of aryl methyl sites for hydroxylation is 2. The van der Waals surface area contributed by atoms with Crippen LogP contribution >= 0.6 is 0 Å². The lowest BCUT2D eigenvalue weighted by Gasteiger charge is -2.38. The molecule has 1 aliphatic heterocycles. The molecule has 1 saturated heterocycles. The van der Waals surface area contributed by atoms with E-state index in [1.54, 1.807) is 0 Å². The molecule has 2 aliphatic rings. The van der Waals surface area contributed by atoms with E-state index in [0.29, 0.717) is 0 Å². The second kappa shape index (κ2) is 9.71. The minimum Gasteiger partial charge on any atom is -0.368 e. The van der Waals surface area contributed by atoms with Gasteiger partial charge in [-0.05, 0) is 86.9 Å². The summed E-state index contributed by atoms with van der Waals surface area (Å²) in [6, 6.07) is 16.9. The standard InChI is InChI=1S/C30H33N5/c31-20-22-12-13-27-26(19-22)23(21-32-27)7-5-6-14-34-15-17-35(18-16-34)30-24-8-1-3-10-28(24)33-29-11-4-2-9-25(29)30/h1,3,8,10,12-13,19,21,32H,2,4-7,9,11,14-18H2. The quantitative estimate of drug-likeness (QED) is 0.378. The molecule has 2 aromatic carbocycles. The number of fused-ring (bicyclic) bond motifs is 3. The van der Waals surface area contributed by atoms with E-state index in [4.69, 9.17) is 4.98 Å². The number of piperazine rings is 1. The summed E-state index contributed by atoms with van der Waals surface area (Å²) < 4.78 is 0. The molecule has 4 aromatic rings. The van der Waals surface area contributed by atoms with E-state index < -0.39 is 0 Å². The topological polar surface area (TPSA) is 59.0 Å². The van der Waals surface area contributed by atoms with Crippen LogP contribution in [0.15, 0.2) is 48.7 Å². The van der Waals surface area contributed by atoms with E-state index in [9.17, 15) is 5.26 Å². The smallest absolute Gasteiger partial charge is 0.0991 e. The Morgan fingerprint density at radius 1 is 0.943 bits per heavy atom. The number of hydrogen-bond donors (Lipinski definition) is 1. The molecule has 1 N–H and O–H groups in total. The molecule has 0 spiro atoms. The summed E-state index contributed by atoms with van der Waals surface area (Å²) in [6.45, 7) is 5.61. The Morgan fingerprint density at radius 3 is 2.69 bits per heavy atom. The Hall–Kier alpha value is -3.36. The van der Waals surface area contributed by atoms with Crippen LogP contribution in [-0.4, -0.2) is 47.6 Å². The van der Waals surface area contributed by atoms with Crippen molar-refractivity contribution in [1.82, 2.24) is 14.9 Å². The molecule has 0 radical (unpaired) electrons. The van der Waals surface area contributed by atoms with Crippen LogP contribution in [0.2, 0.25) is 0 Å². The fourth-order valence-corrected chi connectivity index (χ4v) is 6.01. The maximum Gasteiger partial charge on any atom is 0.0991 e. The summed E-state index contributed by atoms with van der Waals surface area (Å²) in [5.74, 6) is 0. The summed E-state index contributed by atoms with van der Waals surface area (Å²) in [5.41, 5.74) is 8.68. The van der Waals surface area contributed by atoms with Crippen molar-refractivity contribution < 1.29 is 0 Å². The average Bonchev–Trinajstić information content (AvgIpc) is 3.32. The number of pyridine rings is 1. The third-order valence-corrected chi connectivity index (χ3v) is 7.89. The zero-order chi connectivity index (χ0) is 23.6. The summed E-state index contributed by atoms with van der Waals surface area (Å²) in [4.78, 5) is 13.7. The van der Waals surface area contributed by atoms with Crippen LogP contribution in [-0.2, 0) is 19.3 Å². The summed E-state index contributed by atoms with van der Waals surface area (Å²) in [7, 11) is 0. The largest absolute Gasteiger partial charge is 0.368 e. The molecular formula is C30H33N5. The van der Waals surface area contributed by atoms with E-state index in [1.165, 1.54) is 65.4 Å². The van der Waals surface area contributed by atoms with Crippen LogP contribution in [0.5, 0.6) is 0 Å². The van der Waals surface area contributed by atoms with E-state index >= 15 is 0 Å². The number of benzene rings is 2. The van der Waals surface area contributed by atoms with Crippen molar-refractivity contribution in [1.29, 1.82) is 5.26 Å². The second-order valence-electron chi connectivity index (χ2n) is 10.1. The molecule has 6 rings (SSSR count). The molecule has 1 aliphatic carbocycles. The Morgan fingerprint density at radius 2 is 1.80 bits per heavy atom. The molecule has 5 nitrogen and oxygen atoms in total. The van der Waals surface area contributed by atoms with Crippen LogP contribution in [0.3, 0.4) is 0 Å². The van der Waals surface area contributed by atoms with Gasteiger partial charge in [0, 0.05) is 54.4 Å². The van der Waals surface area contributed by atoms with Gasteiger partial charge in [-0.3, -0.25) is 9.88 Å². The minimum absolute atomic E-state index is 0.736. The highest BCUT2D eigenvalue weighted by Gasteiger charge is 2.24. The number of nitrogens with zero attached hydrogens (tertiary/aromatic N) is 4. The van der Waals surface area contributed by atoms with E-state index in [0.717, 1.165) is 62.2 Å². The van der Waals surface area contributed by atoms with Gasteiger partial charge in [0.05, 0.1) is 22.8 Å². The van der Waals surface area contributed by atoms with Crippen LogP contribution in [0.1, 0.15) is 48.1 Å². The third kappa shape index (κ3) is 4.39. The van der Waals surface area contributed by atoms with Gasteiger partial charge in [-0.15, -0.1) is 0 Å². The lowest BCUT2D eigenvalue weighted by molar-refractivity contribution is 0.253. The number of para-hydroxylation sites is 1. The van der Waals surface area contributed by atoms with Crippen LogP contribution < -0.4 is 4.90 Å². The van der Waals surface area contributed by atoms with Crippen LogP contribution in [0, 0.1) is 11.3 Å². The van der Waals surface area contributed by atoms with Gasteiger partial charge >= 0.3 is 0 Å². The van der Waals surface area contributed by atoms with Gasteiger partial charge in [0.25, 0.3) is 0 Å². The molecule has 1 fully saturated rings. The predicted octanol–water partition coefficient (Wildman–Crippen LogP) is 5.61. The molecule has 0 bridgehead atoms. The summed E-state index contributed by atoms with van der Waals surface area (Å²) >= 11 is 0. The van der Waals surface area contributed by atoms with Gasteiger partial charge in [0.15, 0.2) is 0 Å². The second-order valence-corrected chi connectivity index (χ2v) is 10.1. The van der Waals surface area contributed by atoms with Crippen molar-refractivity contribution in [3.05, 3.63) is 71.0 Å². The zero-order valence-electron chi connectivity index (χ0n) is 20.4. The number of hydrogen-bond acceptors (Lipinski definition) is 4. The molecule has 0 atom stereocenters. The molecule has 3 heterocycles. The number of nitrogens with one attached hydrogen (secondary N) is 1. The van der Waals surface area contributed by atoms with Gasteiger partial charge in [-0.2, -0.15) is 5.26 Å². The van der Waals surface area contributed by atoms with Gasteiger partial charge in [-0.1, -0.05) is 18.2 Å². The Labute approximate surface area is 207 Å². The number of nitriles is 1. The molecule has 0 unspecified atom stereocenters.